The lowest BCUT2D eigenvalue weighted by Gasteiger charge is -1.97. The molecular formula is C12H12O2. The largest absolute Gasteiger partial charge is 0.461 e. The molecule has 0 radical (unpaired) electrons. The molecule has 1 heterocycles. The zero-order valence-corrected chi connectivity index (χ0v) is 8.55. The summed E-state index contributed by atoms with van der Waals surface area (Å²) in [6.07, 6.45) is 0.863. The van der Waals surface area contributed by atoms with Crippen LogP contribution in [0.5, 0.6) is 0 Å². The minimum Gasteiger partial charge on any atom is -0.461 e. The molecule has 2 rings (SSSR count). The first-order valence-corrected chi connectivity index (χ1v) is 4.59. The number of furan rings is 1. The van der Waals surface area contributed by atoms with Crippen LogP contribution in [0.1, 0.15) is 27.2 Å². The summed E-state index contributed by atoms with van der Waals surface area (Å²) in [6, 6.07) is 3.81. The van der Waals surface area contributed by atoms with E-state index in [-0.39, 0.29) is 0 Å². The van der Waals surface area contributed by atoms with Gasteiger partial charge in [-0.25, -0.2) is 0 Å². The van der Waals surface area contributed by atoms with Gasteiger partial charge in [0.1, 0.15) is 17.6 Å². The van der Waals surface area contributed by atoms with Gasteiger partial charge in [-0.3, -0.25) is 4.79 Å². The Kier molecular flexibility index (Phi) is 1.92. The Bertz CT molecular complexity index is 507. The molecular weight excluding hydrogens is 176 g/mol. The van der Waals surface area contributed by atoms with Crippen LogP contribution in [-0.4, -0.2) is 6.29 Å². The van der Waals surface area contributed by atoms with Gasteiger partial charge in [-0.05, 0) is 44.0 Å². The molecule has 0 aliphatic carbocycles. The number of aryl methyl sites for hydroxylation is 3. The van der Waals surface area contributed by atoms with Gasteiger partial charge < -0.3 is 4.42 Å². The molecule has 72 valence electrons. The highest BCUT2D eigenvalue weighted by atomic mass is 16.3. The van der Waals surface area contributed by atoms with Gasteiger partial charge in [0.25, 0.3) is 0 Å². The van der Waals surface area contributed by atoms with Crippen molar-refractivity contribution in [3.8, 4) is 0 Å². The number of benzene rings is 1. The molecule has 0 bridgehead atoms. The van der Waals surface area contributed by atoms with Crippen LogP contribution in [0.2, 0.25) is 0 Å². The van der Waals surface area contributed by atoms with Gasteiger partial charge in [0.05, 0.1) is 0 Å². The highest BCUT2D eigenvalue weighted by molar-refractivity contribution is 5.89. The molecule has 1 aromatic heterocycles. The SMILES string of the molecule is Cc1cc2c(C)c(C)oc2cc1C=O. The summed E-state index contributed by atoms with van der Waals surface area (Å²) < 4.78 is 5.54. The van der Waals surface area contributed by atoms with E-state index >= 15 is 0 Å². The van der Waals surface area contributed by atoms with Crippen molar-refractivity contribution in [3.05, 3.63) is 34.6 Å². The smallest absolute Gasteiger partial charge is 0.150 e. The van der Waals surface area contributed by atoms with Crippen molar-refractivity contribution in [1.29, 1.82) is 0 Å². The lowest BCUT2D eigenvalue weighted by molar-refractivity contribution is 0.112. The van der Waals surface area contributed by atoms with E-state index in [1.807, 2.05) is 26.8 Å². The lowest BCUT2D eigenvalue weighted by Crippen LogP contribution is -1.85. The fraction of sp³-hybridized carbons (Fsp3) is 0.250. The van der Waals surface area contributed by atoms with Crippen LogP contribution in [0.4, 0.5) is 0 Å². The molecule has 0 unspecified atom stereocenters. The summed E-state index contributed by atoms with van der Waals surface area (Å²) in [5.74, 6) is 0.919. The molecule has 2 nitrogen and oxygen atoms in total. The quantitative estimate of drug-likeness (QED) is 0.643. The third-order valence-electron chi connectivity index (χ3n) is 2.69. The molecule has 0 saturated carbocycles. The number of carbonyl (C=O) groups is 1. The molecule has 0 aliphatic rings. The van der Waals surface area contributed by atoms with Crippen LogP contribution in [-0.2, 0) is 0 Å². The normalized spacial score (nSPS) is 10.8. The van der Waals surface area contributed by atoms with Gasteiger partial charge >= 0.3 is 0 Å². The van der Waals surface area contributed by atoms with Gasteiger partial charge in [0.15, 0.2) is 0 Å². The fourth-order valence-corrected chi connectivity index (χ4v) is 1.64. The number of rotatable bonds is 1. The first-order chi connectivity index (χ1) is 6.63. The highest BCUT2D eigenvalue weighted by Crippen LogP contribution is 2.26. The molecule has 0 atom stereocenters. The molecule has 0 aliphatic heterocycles. The van der Waals surface area contributed by atoms with E-state index in [4.69, 9.17) is 4.42 Å². The third kappa shape index (κ3) is 1.15. The summed E-state index contributed by atoms with van der Waals surface area (Å²) >= 11 is 0. The predicted molar refractivity (Wildman–Crippen MR) is 55.8 cm³/mol. The van der Waals surface area contributed by atoms with Crippen molar-refractivity contribution in [2.75, 3.05) is 0 Å². The van der Waals surface area contributed by atoms with E-state index in [2.05, 4.69) is 0 Å². The zero-order chi connectivity index (χ0) is 10.3. The molecule has 0 saturated heterocycles. The Morgan fingerprint density at radius 1 is 1.21 bits per heavy atom. The van der Waals surface area contributed by atoms with E-state index in [0.717, 1.165) is 34.1 Å². The van der Waals surface area contributed by atoms with Crippen LogP contribution in [0.15, 0.2) is 16.5 Å². The molecule has 2 heteroatoms. The van der Waals surface area contributed by atoms with E-state index in [9.17, 15) is 4.79 Å². The Labute approximate surface area is 82.5 Å². The Morgan fingerprint density at radius 2 is 1.93 bits per heavy atom. The summed E-state index contributed by atoms with van der Waals surface area (Å²) in [5, 5.41) is 1.10. The maximum absolute atomic E-state index is 10.7. The minimum absolute atomic E-state index is 0.700. The molecule has 0 amide bonds. The van der Waals surface area contributed by atoms with Gasteiger partial charge in [0.2, 0.25) is 0 Å². The molecule has 0 fully saturated rings. The summed E-state index contributed by atoms with van der Waals surface area (Å²) in [7, 11) is 0. The second-order valence-corrected chi connectivity index (χ2v) is 3.61. The predicted octanol–water partition coefficient (Wildman–Crippen LogP) is 3.17. The third-order valence-corrected chi connectivity index (χ3v) is 2.69. The van der Waals surface area contributed by atoms with Crippen molar-refractivity contribution in [2.24, 2.45) is 0 Å². The van der Waals surface area contributed by atoms with E-state index in [1.165, 1.54) is 0 Å². The maximum Gasteiger partial charge on any atom is 0.150 e. The van der Waals surface area contributed by atoms with E-state index in [1.54, 1.807) is 6.07 Å². The monoisotopic (exact) mass is 188 g/mol. The van der Waals surface area contributed by atoms with Crippen LogP contribution < -0.4 is 0 Å². The molecule has 14 heavy (non-hydrogen) atoms. The number of fused-ring (bicyclic) bond motifs is 1. The zero-order valence-electron chi connectivity index (χ0n) is 8.55. The highest BCUT2D eigenvalue weighted by Gasteiger charge is 2.08. The van der Waals surface area contributed by atoms with E-state index < -0.39 is 0 Å². The molecule has 2 aromatic rings. The van der Waals surface area contributed by atoms with Gasteiger partial charge in [-0.15, -0.1) is 0 Å². The second-order valence-electron chi connectivity index (χ2n) is 3.61. The van der Waals surface area contributed by atoms with Crippen LogP contribution in [0.3, 0.4) is 0 Å². The number of hydrogen-bond acceptors (Lipinski definition) is 2. The average Bonchev–Trinajstić information content (AvgIpc) is 2.43. The Hall–Kier alpha value is -1.57. The number of carbonyl (C=O) groups excluding carboxylic acids is 1. The maximum atomic E-state index is 10.7. The van der Waals surface area contributed by atoms with Crippen LogP contribution in [0.25, 0.3) is 11.0 Å². The lowest BCUT2D eigenvalue weighted by atomic mass is 10.1. The summed E-state index contributed by atoms with van der Waals surface area (Å²) in [4.78, 5) is 10.7. The average molecular weight is 188 g/mol. The van der Waals surface area contributed by atoms with E-state index in [0.29, 0.717) is 5.56 Å². The molecule has 1 aromatic carbocycles. The van der Waals surface area contributed by atoms with Crippen molar-refractivity contribution in [1.82, 2.24) is 0 Å². The van der Waals surface area contributed by atoms with Gasteiger partial charge in [-0.1, -0.05) is 0 Å². The minimum atomic E-state index is 0.700. The van der Waals surface area contributed by atoms with Gasteiger partial charge in [0, 0.05) is 10.9 Å². The number of aldehydes is 1. The first kappa shape index (κ1) is 9.00. The van der Waals surface area contributed by atoms with Gasteiger partial charge in [-0.2, -0.15) is 0 Å². The summed E-state index contributed by atoms with van der Waals surface area (Å²) in [5.41, 5.74) is 3.65. The van der Waals surface area contributed by atoms with Crippen molar-refractivity contribution in [2.45, 2.75) is 20.8 Å². The molecule has 0 N–H and O–H groups in total. The standard InChI is InChI=1S/C12H12O2/c1-7-4-11-8(2)9(3)14-12(11)5-10(7)6-13/h4-6H,1-3H3. The Morgan fingerprint density at radius 3 is 2.57 bits per heavy atom. The topological polar surface area (TPSA) is 30.2 Å². The van der Waals surface area contributed by atoms with Crippen molar-refractivity contribution in [3.63, 3.8) is 0 Å². The number of hydrogen-bond donors (Lipinski definition) is 0. The van der Waals surface area contributed by atoms with Crippen molar-refractivity contribution >= 4 is 17.3 Å². The summed E-state index contributed by atoms with van der Waals surface area (Å²) in [6.45, 7) is 5.90. The van der Waals surface area contributed by atoms with Crippen LogP contribution >= 0.6 is 0 Å². The first-order valence-electron chi connectivity index (χ1n) is 4.59. The fourth-order valence-electron chi connectivity index (χ4n) is 1.64. The second kappa shape index (κ2) is 2.98. The van der Waals surface area contributed by atoms with Crippen LogP contribution in [0, 0.1) is 20.8 Å². The van der Waals surface area contributed by atoms with Crippen molar-refractivity contribution < 1.29 is 9.21 Å². The Balaban J connectivity index is 2.85. The molecule has 0 spiro atoms.